The average Bonchev–Trinajstić information content (AvgIpc) is 2.02. The Morgan fingerprint density at radius 2 is 2.55 bits per heavy atom. The molecule has 0 amide bonds. The van der Waals surface area contributed by atoms with Gasteiger partial charge in [-0.1, -0.05) is 0 Å². The SMILES string of the molecule is COC(=O)C12COCC(C1)N2. The Labute approximate surface area is 64.9 Å². The van der Waals surface area contributed by atoms with E-state index in [9.17, 15) is 4.79 Å². The first-order chi connectivity index (χ1) is 5.27. The molecule has 3 saturated heterocycles. The van der Waals surface area contributed by atoms with Crippen LogP contribution in [0.2, 0.25) is 0 Å². The van der Waals surface area contributed by atoms with Crippen molar-refractivity contribution in [2.24, 2.45) is 0 Å². The molecule has 3 fully saturated rings. The third-order valence-corrected chi connectivity index (χ3v) is 2.32. The zero-order valence-electron chi connectivity index (χ0n) is 6.42. The maximum atomic E-state index is 11.2. The Morgan fingerprint density at radius 1 is 1.82 bits per heavy atom. The van der Waals surface area contributed by atoms with Crippen LogP contribution < -0.4 is 5.32 Å². The molecule has 0 radical (unpaired) electrons. The molecule has 0 saturated carbocycles. The summed E-state index contributed by atoms with van der Waals surface area (Å²) in [7, 11) is 1.40. The van der Waals surface area contributed by atoms with E-state index in [4.69, 9.17) is 4.74 Å². The van der Waals surface area contributed by atoms with E-state index >= 15 is 0 Å². The van der Waals surface area contributed by atoms with Gasteiger partial charge in [-0.3, -0.25) is 5.32 Å². The summed E-state index contributed by atoms with van der Waals surface area (Å²) in [5, 5.41) is 3.14. The van der Waals surface area contributed by atoms with Crippen molar-refractivity contribution in [1.29, 1.82) is 0 Å². The summed E-state index contributed by atoms with van der Waals surface area (Å²) in [5.74, 6) is -0.201. The molecule has 3 aliphatic heterocycles. The quantitative estimate of drug-likeness (QED) is 0.511. The van der Waals surface area contributed by atoms with E-state index < -0.39 is 5.54 Å². The predicted octanol–water partition coefficient (Wildman–Crippen LogP) is -0.710. The molecular weight excluding hydrogens is 146 g/mol. The van der Waals surface area contributed by atoms with E-state index in [1.807, 2.05) is 0 Å². The first-order valence-corrected chi connectivity index (χ1v) is 3.71. The topological polar surface area (TPSA) is 47.6 Å². The molecule has 0 aromatic carbocycles. The number of esters is 1. The van der Waals surface area contributed by atoms with Crippen LogP contribution in [0.5, 0.6) is 0 Å². The number of hydrogen-bond donors (Lipinski definition) is 1. The molecule has 3 aliphatic rings. The Kier molecular flexibility index (Phi) is 1.40. The summed E-state index contributed by atoms with van der Waals surface area (Å²) >= 11 is 0. The number of nitrogens with one attached hydrogen (secondary N) is 1. The number of fused-ring (bicyclic) bond motifs is 2. The maximum absolute atomic E-state index is 11.2. The van der Waals surface area contributed by atoms with Gasteiger partial charge in [0.1, 0.15) is 5.54 Å². The third-order valence-electron chi connectivity index (χ3n) is 2.32. The van der Waals surface area contributed by atoms with Gasteiger partial charge < -0.3 is 9.47 Å². The molecule has 62 valence electrons. The van der Waals surface area contributed by atoms with Crippen LogP contribution in [0.1, 0.15) is 6.42 Å². The lowest BCUT2D eigenvalue weighted by molar-refractivity contribution is -0.168. The second-order valence-corrected chi connectivity index (χ2v) is 3.13. The molecule has 2 bridgehead atoms. The van der Waals surface area contributed by atoms with E-state index in [1.54, 1.807) is 0 Å². The van der Waals surface area contributed by atoms with Crippen molar-refractivity contribution in [1.82, 2.24) is 5.32 Å². The molecule has 3 rings (SSSR count). The summed E-state index contributed by atoms with van der Waals surface area (Å²) < 4.78 is 9.84. The van der Waals surface area contributed by atoms with Gasteiger partial charge in [0, 0.05) is 6.04 Å². The highest BCUT2D eigenvalue weighted by atomic mass is 16.5. The van der Waals surface area contributed by atoms with Gasteiger partial charge in [-0.2, -0.15) is 0 Å². The fourth-order valence-electron chi connectivity index (χ4n) is 1.76. The minimum Gasteiger partial charge on any atom is -0.468 e. The minimum absolute atomic E-state index is 0.201. The predicted molar refractivity (Wildman–Crippen MR) is 37.1 cm³/mol. The van der Waals surface area contributed by atoms with Gasteiger partial charge in [0.2, 0.25) is 0 Å². The second-order valence-electron chi connectivity index (χ2n) is 3.13. The standard InChI is InChI=1S/C7H11NO3/c1-10-6(9)7-2-5(8-7)3-11-4-7/h5,8H,2-4H2,1H3. The lowest BCUT2D eigenvalue weighted by atomic mass is 9.80. The Morgan fingerprint density at radius 3 is 3.00 bits per heavy atom. The van der Waals surface area contributed by atoms with Crippen molar-refractivity contribution >= 4 is 5.97 Å². The summed E-state index contributed by atoms with van der Waals surface area (Å²) in [6.45, 7) is 1.18. The van der Waals surface area contributed by atoms with Crippen LogP contribution in [-0.2, 0) is 14.3 Å². The van der Waals surface area contributed by atoms with Crippen molar-refractivity contribution < 1.29 is 14.3 Å². The van der Waals surface area contributed by atoms with Gasteiger partial charge in [0.25, 0.3) is 0 Å². The number of carbonyl (C=O) groups excluding carboxylic acids is 1. The van der Waals surface area contributed by atoms with Crippen molar-refractivity contribution in [3.8, 4) is 0 Å². The zero-order valence-corrected chi connectivity index (χ0v) is 6.42. The Bertz CT molecular complexity index is 181. The van der Waals surface area contributed by atoms with Gasteiger partial charge >= 0.3 is 5.97 Å². The highest BCUT2D eigenvalue weighted by molar-refractivity contribution is 5.82. The Balaban J connectivity index is 2.06. The zero-order chi connectivity index (χ0) is 7.90. The molecular formula is C7H11NO3. The molecule has 0 spiro atoms. The van der Waals surface area contributed by atoms with Crippen LogP contribution in [0.4, 0.5) is 0 Å². The van der Waals surface area contributed by atoms with Crippen molar-refractivity contribution in [3.05, 3.63) is 0 Å². The third kappa shape index (κ3) is 0.862. The summed E-state index contributed by atoms with van der Waals surface area (Å²) in [5.41, 5.74) is -0.502. The highest BCUT2D eigenvalue weighted by Crippen LogP contribution is 2.30. The van der Waals surface area contributed by atoms with Crippen molar-refractivity contribution in [3.63, 3.8) is 0 Å². The molecule has 0 aromatic heterocycles. The molecule has 11 heavy (non-hydrogen) atoms. The lowest BCUT2D eigenvalue weighted by Gasteiger charge is -2.50. The number of hydrogen-bond acceptors (Lipinski definition) is 4. The number of morpholine rings is 1. The van der Waals surface area contributed by atoms with Crippen LogP contribution in [0.15, 0.2) is 0 Å². The molecule has 3 heterocycles. The number of rotatable bonds is 1. The van der Waals surface area contributed by atoms with Crippen molar-refractivity contribution in [2.45, 2.75) is 18.0 Å². The second kappa shape index (κ2) is 2.19. The number of carbonyl (C=O) groups is 1. The van der Waals surface area contributed by atoms with Gasteiger partial charge in [0.05, 0.1) is 20.3 Å². The van der Waals surface area contributed by atoms with E-state index in [2.05, 4.69) is 10.1 Å². The first kappa shape index (κ1) is 7.06. The highest BCUT2D eigenvalue weighted by Gasteiger charge is 2.54. The van der Waals surface area contributed by atoms with Gasteiger partial charge in [0.15, 0.2) is 0 Å². The lowest BCUT2D eigenvalue weighted by Crippen LogP contribution is -2.75. The van der Waals surface area contributed by atoms with Crippen LogP contribution in [0, 0.1) is 0 Å². The molecule has 2 atom stereocenters. The minimum atomic E-state index is -0.502. The van der Waals surface area contributed by atoms with Crippen LogP contribution in [0.25, 0.3) is 0 Å². The van der Waals surface area contributed by atoms with Gasteiger partial charge in [-0.15, -0.1) is 0 Å². The molecule has 1 N–H and O–H groups in total. The first-order valence-electron chi connectivity index (χ1n) is 3.71. The largest absolute Gasteiger partial charge is 0.468 e. The summed E-state index contributed by atoms with van der Waals surface area (Å²) in [6, 6.07) is 0.364. The van der Waals surface area contributed by atoms with Gasteiger partial charge in [-0.25, -0.2) is 4.79 Å². The van der Waals surface area contributed by atoms with Crippen LogP contribution in [0.3, 0.4) is 0 Å². The van der Waals surface area contributed by atoms with E-state index in [0.717, 1.165) is 13.0 Å². The maximum Gasteiger partial charge on any atom is 0.328 e. The van der Waals surface area contributed by atoms with Crippen LogP contribution in [-0.4, -0.2) is 37.9 Å². The molecule has 0 aliphatic carbocycles. The molecule has 4 heteroatoms. The average molecular weight is 157 g/mol. The normalized spacial score (nSPS) is 41.0. The Hall–Kier alpha value is -0.610. The van der Waals surface area contributed by atoms with Crippen molar-refractivity contribution in [2.75, 3.05) is 20.3 Å². The van der Waals surface area contributed by atoms with Crippen LogP contribution >= 0.6 is 0 Å². The smallest absolute Gasteiger partial charge is 0.328 e. The number of ether oxygens (including phenoxy) is 2. The van der Waals surface area contributed by atoms with E-state index in [-0.39, 0.29) is 5.97 Å². The van der Waals surface area contributed by atoms with E-state index in [0.29, 0.717) is 12.6 Å². The fourth-order valence-corrected chi connectivity index (χ4v) is 1.76. The fraction of sp³-hybridized carbons (Fsp3) is 0.857. The summed E-state index contributed by atoms with van der Waals surface area (Å²) in [4.78, 5) is 11.2. The molecule has 0 aromatic rings. The van der Waals surface area contributed by atoms with Gasteiger partial charge in [-0.05, 0) is 6.42 Å². The monoisotopic (exact) mass is 157 g/mol. The molecule has 4 nitrogen and oxygen atoms in total. The summed E-state index contributed by atoms with van der Waals surface area (Å²) in [6.07, 6.45) is 0.861. The van der Waals surface area contributed by atoms with E-state index in [1.165, 1.54) is 7.11 Å². The number of methoxy groups -OCH3 is 1. The molecule has 2 unspecified atom stereocenters.